The second-order valence-corrected chi connectivity index (χ2v) is 9.04. The summed E-state index contributed by atoms with van der Waals surface area (Å²) in [5.74, 6) is -0.244. The number of hydrogen-bond donors (Lipinski definition) is 1. The third-order valence-electron chi connectivity index (χ3n) is 5.74. The van der Waals surface area contributed by atoms with Crippen molar-refractivity contribution in [3.8, 4) is 11.8 Å². The topological polar surface area (TPSA) is 82.4 Å². The minimum absolute atomic E-state index is 0.00240. The lowest BCUT2D eigenvalue weighted by Gasteiger charge is -2.19. The van der Waals surface area contributed by atoms with E-state index >= 15 is 0 Å². The van der Waals surface area contributed by atoms with Crippen molar-refractivity contribution in [1.82, 2.24) is 0 Å². The highest BCUT2D eigenvalue weighted by atomic mass is 16.5. The SMILES string of the molecule is COc1ccc(C2=C(Nc3ccc(C(C)(C)C)cc3)C(=O)N(c3ccc(C#N)cc3)C2=O)cc1. The molecule has 6 nitrogen and oxygen atoms in total. The highest BCUT2D eigenvalue weighted by Gasteiger charge is 2.40. The van der Waals surface area contributed by atoms with Crippen molar-refractivity contribution in [3.63, 3.8) is 0 Å². The molecule has 34 heavy (non-hydrogen) atoms. The number of anilines is 2. The van der Waals surface area contributed by atoms with Gasteiger partial charge >= 0.3 is 0 Å². The van der Waals surface area contributed by atoms with Gasteiger partial charge in [0.1, 0.15) is 11.4 Å². The zero-order valence-corrected chi connectivity index (χ0v) is 19.5. The summed E-state index contributed by atoms with van der Waals surface area (Å²) in [6, 6.07) is 23.2. The lowest BCUT2D eigenvalue weighted by atomic mass is 9.87. The minimum Gasteiger partial charge on any atom is -0.497 e. The fraction of sp³-hybridized carbons (Fsp3) is 0.179. The number of hydrogen-bond acceptors (Lipinski definition) is 5. The molecule has 0 radical (unpaired) electrons. The average molecular weight is 452 g/mol. The Hall–Kier alpha value is -4.37. The standard InChI is InChI=1S/C28H25N3O3/c1-28(2,3)20-9-11-21(12-10-20)30-25-24(19-7-15-23(34-4)16-8-19)26(32)31(27(25)33)22-13-5-18(17-29)6-14-22/h5-16,30H,1-4H3. The second-order valence-electron chi connectivity index (χ2n) is 9.04. The van der Waals surface area contributed by atoms with Gasteiger partial charge in [-0.3, -0.25) is 9.59 Å². The molecule has 0 unspecified atom stereocenters. The lowest BCUT2D eigenvalue weighted by Crippen LogP contribution is -2.32. The number of nitrogens with zero attached hydrogens (tertiary/aromatic N) is 2. The molecule has 0 saturated heterocycles. The Balaban J connectivity index is 1.76. The average Bonchev–Trinajstić information content (AvgIpc) is 3.08. The maximum Gasteiger partial charge on any atom is 0.282 e. The molecule has 0 spiro atoms. The van der Waals surface area contributed by atoms with E-state index in [9.17, 15) is 9.59 Å². The number of benzene rings is 3. The molecule has 0 bridgehead atoms. The van der Waals surface area contributed by atoms with Crippen LogP contribution in [0, 0.1) is 11.3 Å². The van der Waals surface area contributed by atoms with Crippen molar-refractivity contribution in [3.05, 3.63) is 95.2 Å². The van der Waals surface area contributed by atoms with Crippen molar-refractivity contribution in [2.45, 2.75) is 26.2 Å². The number of rotatable bonds is 5. The molecule has 3 aromatic carbocycles. The van der Waals surface area contributed by atoms with Gasteiger partial charge in [0.25, 0.3) is 11.8 Å². The summed E-state index contributed by atoms with van der Waals surface area (Å²) in [6.45, 7) is 6.40. The van der Waals surface area contributed by atoms with Crippen LogP contribution in [-0.4, -0.2) is 18.9 Å². The number of nitrogens with one attached hydrogen (secondary N) is 1. The van der Waals surface area contributed by atoms with Gasteiger partial charge < -0.3 is 10.1 Å². The summed E-state index contributed by atoms with van der Waals surface area (Å²) in [7, 11) is 1.57. The van der Waals surface area contributed by atoms with Crippen LogP contribution in [0.15, 0.2) is 78.5 Å². The van der Waals surface area contributed by atoms with Gasteiger partial charge in [-0.05, 0) is 65.1 Å². The summed E-state index contributed by atoms with van der Waals surface area (Å²) in [6.07, 6.45) is 0. The number of ether oxygens (including phenoxy) is 1. The van der Waals surface area contributed by atoms with Crippen LogP contribution in [0.25, 0.3) is 5.57 Å². The molecule has 2 amide bonds. The summed E-state index contributed by atoms with van der Waals surface area (Å²) in [5, 5.41) is 12.3. The van der Waals surface area contributed by atoms with Gasteiger partial charge in [-0.25, -0.2) is 4.90 Å². The molecule has 1 aliphatic rings. The molecule has 0 aromatic heterocycles. The zero-order chi connectivity index (χ0) is 24.5. The summed E-state index contributed by atoms with van der Waals surface area (Å²) >= 11 is 0. The van der Waals surface area contributed by atoms with Gasteiger partial charge in [-0.15, -0.1) is 0 Å². The predicted molar refractivity (Wildman–Crippen MR) is 132 cm³/mol. The van der Waals surface area contributed by atoms with Gasteiger partial charge in [0.05, 0.1) is 30.0 Å². The monoisotopic (exact) mass is 451 g/mol. The van der Waals surface area contributed by atoms with Crippen molar-refractivity contribution in [2.24, 2.45) is 0 Å². The van der Waals surface area contributed by atoms with Crippen LogP contribution >= 0.6 is 0 Å². The first-order valence-corrected chi connectivity index (χ1v) is 10.9. The molecule has 170 valence electrons. The Morgan fingerprint density at radius 3 is 2.00 bits per heavy atom. The van der Waals surface area contributed by atoms with E-state index < -0.39 is 11.8 Å². The minimum atomic E-state index is -0.458. The number of imide groups is 1. The van der Waals surface area contributed by atoms with Crippen molar-refractivity contribution < 1.29 is 14.3 Å². The van der Waals surface area contributed by atoms with Crippen molar-refractivity contribution in [1.29, 1.82) is 5.26 Å². The molecular weight excluding hydrogens is 426 g/mol. The Labute approximate surface area is 199 Å². The number of amides is 2. The molecule has 0 fully saturated rings. The molecule has 0 aliphatic carbocycles. The first-order valence-electron chi connectivity index (χ1n) is 10.9. The highest BCUT2D eigenvalue weighted by Crippen LogP contribution is 2.35. The molecule has 1 aliphatic heterocycles. The molecular formula is C28H25N3O3. The molecule has 0 saturated carbocycles. The maximum absolute atomic E-state index is 13.5. The van der Waals surface area contributed by atoms with Gasteiger partial charge in [-0.2, -0.15) is 5.26 Å². The van der Waals surface area contributed by atoms with Crippen LogP contribution in [-0.2, 0) is 15.0 Å². The van der Waals surface area contributed by atoms with E-state index in [1.54, 1.807) is 55.6 Å². The van der Waals surface area contributed by atoms with Crippen LogP contribution in [0.2, 0.25) is 0 Å². The number of nitriles is 1. The fourth-order valence-electron chi connectivity index (χ4n) is 3.79. The Kier molecular flexibility index (Phi) is 5.95. The Morgan fingerprint density at radius 2 is 1.47 bits per heavy atom. The van der Waals surface area contributed by atoms with E-state index in [-0.39, 0.29) is 16.7 Å². The first-order chi connectivity index (χ1) is 16.2. The van der Waals surface area contributed by atoms with E-state index in [0.717, 1.165) is 10.5 Å². The Morgan fingerprint density at radius 1 is 0.853 bits per heavy atom. The number of methoxy groups -OCH3 is 1. The maximum atomic E-state index is 13.5. The van der Waals surface area contributed by atoms with E-state index in [1.165, 1.54) is 0 Å². The fourth-order valence-corrected chi connectivity index (χ4v) is 3.79. The normalized spacial score (nSPS) is 13.8. The van der Waals surface area contributed by atoms with Crippen molar-refractivity contribution in [2.75, 3.05) is 17.3 Å². The van der Waals surface area contributed by atoms with Crippen molar-refractivity contribution >= 4 is 28.8 Å². The van der Waals surface area contributed by atoms with E-state index in [1.807, 2.05) is 30.3 Å². The van der Waals surface area contributed by atoms with E-state index in [4.69, 9.17) is 10.00 Å². The molecule has 1 N–H and O–H groups in total. The van der Waals surface area contributed by atoms with Crippen LogP contribution in [0.3, 0.4) is 0 Å². The second kappa shape index (κ2) is 8.87. The third-order valence-corrected chi connectivity index (χ3v) is 5.74. The first kappa shape index (κ1) is 22.8. The van der Waals surface area contributed by atoms with Crippen LogP contribution in [0.5, 0.6) is 5.75 Å². The van der Waals surface area contributed by atoms with E-state index in [2.05, 4.69) is 26.1 Å². The third kappa shape index (κ3) is 4.28. The van der Waals surface area contributed by atoms with Crippen LogP contribution < -0.4 is 15.0 Å². The van der Waals surface area contributed by atoms with Gasteiger partial charge in [0.2, 0.25) is 0 Å². The Bertz CT molecular complexity index is 1310. The summed E-state index contributed by atoms with van der Waals surface area (Å²) < 4.78 is 5.23. The largest absolute Gasteiger partial charge is 0.497 e. The summed E-state index contributed by atoms with van der Waals surface area (Å²) in [4.78, 5) is 28.2. The van der Waals surface area contributed by atoms with Gasteiger partial charge in [-0.1, -0.05) is 45.0 Å². The van der Waals surface area contributed by atoms with Crippen LogP contribution in [0.1, 0.15) is 37.5 Å². The van der Waals surface area contributed by atoms with E-state index in [0.29, 0.717) is 28.3 Å². The molecule has 3 aromatic rings. The van der Waals surface area contributed by atoms with Gasteiger partial charge in [0.15, 0.2) is 0 Å². The highest BCUT2D eigenvalue weighted by molar-refractivity contribution is 6.46. The summed E-state index contributed by atoms with van der Waals surface area (Å²) in [5.41, 5.74) is 3.79. The van der Waals surface area contributed by atoms with Crippen LogP contribution in [0.4, 0.5) is 11.4 Å². The zero-order valence-electron chi connectivity index (χ0n) is 19.5. The number of carbonyl (C=O) groups excluding carboxylic acids is 2. The predicted octanol–water partition coefficient (Wildman–Crippen LogP) is 5.26. The molecule has 0 atom stereocenters. The smallest absolute Gasteiger partial charge is 0.282 e. The lowest BCUT2D eigenvalue weighted by molar-refractivity contribution is -0.120. The molecule has 1 heterocycles. The quantitative estimate of drug-likeness (QED) is 0.535. The number of carbonyl (C=O) groups is 2. The molecule has 6 heteroatoms. The van der Waals surface area contributed by atoms with Gasteiger partial charge in [0, 0.05) is 5.69 Å². The molecule has 4 rings (SSSR count).